The molecule has 1 fully saturated rings. The third-order valence-corrected chi connectivity index (χ3v) is 5.47. The van der Waals surface area contributed by atoms with E-state index < -0.39 is 10.2 Å². The Labute approximate surface area is 123 Å². The number of hydrogen-bond donors (Lipinski definition) is 1. The summed E-state index contributed by atoms with van der Waals surface area (Å²) in [5.41, 5.74) is 0. The molecule has 0 amide bonds. The van der Waals surface area contributed by atoms with Crippen LogP contribution in [0.5, 0.6) is 0 Å². The molecule has 0 saturated carbocycles. The van der Waals surface area contributed by atoms with E-state index in [1.165, 1.54) is 0 Å². The highest BCUT2D eigenvalue weighted by atomic mass is 35.5. The standard InChI is InChI=1S/C13H27ClN2O2S/c1-2-7-13(8-9-14)12-15-19(17,18)16-10-5-3-4-6-11-16/h13,15H,2-12H2,1H3. The second kappa shape index (κ2) is 9.16. The van der Waals surface area contributed by atoms with Gasteiger partial charge < -0.3 is 0 Å². The SMILES string of the molecule is CCCC(CCCl)CNS(=O)(=O)N1CCCCCC1. The van der Waals surface area contributed by atoms with Gasteiger partial charge >= 0.3 is 0 Å². The van der Waals surface area contributed by atoms with Crippen molar-refractivity contribution in [2.75, 3.05) is 25.5 Å². The van der Waals surface area contributed by atoms with Crippen molar-refractivity contribution in [3.8, 4) is 0 Å². The number of alkyl halides is 1. The monoisotopic (exact) mass is 310 g/mol. The average molecular weight is 311 g/mol. The molecule has 0 aromatic rings. The van der Waals surface area contributed by atoms with Crippen molar-refractivity contribution >= 4 is 21.8 Å². The molecule has 1 aliphatic rings. The van der Waals surface area contributed by atoms with Crippen LogP contribution in [0.4, 0.5) is 0 Å². The summed E-state index contributed by atoms with van der Waals surface area (Å²) in [6, 6.07) is 0. The van der Waals surface area contributed by atoms with E-state index >= 15 is 0 Å². The molecule has 0 aromatic heterocycles. The van der Waals surface area contributed by atoms with E-state index in [4.69, 9.17) is 11.6 Å². The van der Waals surface area contributed by atoms with E-state index in [2.05, 4.69) is 11.6 Å². The van der Waals surface area contributed by atoms with E-state index in [1.807, 2.05) is 0 Å². The van der Waals surface area contributed by atoms with Crippen LogP contribution in [0.2, 0.25) is 0 Å². The molecule has 1 unspecified atom stereocenters. The second-order valence-electron chi connectivity index (χ2n) is 5.30. The van der Waals surface area contributed by atoms with Crippen LogP contribution in [-0.4, -0.2) is 38.2 Å². The van der Waals surface area contributed by atoms with Gasteiger partial charge in [0.1, 0.15) is 0 Å². The Hall–Kier alpha value is 0.160. The Morgan fingerprint density at radius 1 is 1.16 bits per heavy atom. The predicted molar refractivity (Wildman–Crippen MR) is 80.7 cm³/mol. The molecule has 19 heavy (non-hydrogen) atoms. The van der Waals surface area contributed by atoms with Gasteiger partial charge in [0.15, 0.2) is 0 Å². The lowest BCUT2D eigenvalue weighted by Crippen LogP contribution is -2.43. The first-order valence-electron chi connectivity index (χ1n) is 7.41. The molecule has 0 radical (unpaired) electrons. The van der Waals surface area contributed by atoms with Gasteiger partial charge in [-0.1, -0.05) is 26.2 Å². The first-order chi connectivity index (χ1) is 9.10. The number of hydrogen-bond acceptors (Lipinski definition) is 2. The van der Waals surface area contributed by atoms with Crippen molar-refractivity contribution in [1.82, 2.24) is 9.03 Å². The zero-order valence-corrected chi connectivity index (χ0v) is 13.5. The van der Waals surface area contributed by atoms with Crippen LogP contribution in [0.3, 0.4) is 0 Å². The summed E-state index contributed by atoms with van der Waals surface area (Å²) < 4.78 is 28.8. The largest absolute Gasteiger partial charge is 0.279 e. The summed E-state index contributed by atoms with van der Waals surface area (Å²) in [6.07, 6.45) is 7.18. The van der Waals surface area contributed by atoms with E-state index in [0.29, 0.717) is 31.4 Å². The fourth-order valence-corrected chi connectivity index (χ4v) is 4.18. The highest BCUT2D eigenvalue weighted by Gasteiger charge is 2.23. The zero-order chi connectivity index (χ0) is 14.1. The molecule has 1 heterocycles. The summed E-state index contributed by atoms with van der Waals surface area (Å²) in [6.45, 7) is 3.94. The quantitative estimate of drug-likeness (QED) is 0.701. The fraction of sp³-hybridized carbons (Fsp3) is 1.00. The molecule has 114 valence electrons. The van der Waals surface area contributed by atoms with Gasteiger partial charge in [-0.2, -0.15) is 12.7 Å². The van der Waals surface area contributed by atoms with Crippen molar-refractivity contribution in [2.45, 2.75) is 51.9 Å². The van der Waals surface area contributed by atoms with Gasteiger partial charge in [-0.25, -0.2) is 4.72 Å². The Balaban J connectivity index is 2.47. The fourth-order valence-electron chi connectivity index (χ4n) is 2.51. The first kappa shape index (κ1) is 17.2. The van der Waals surface area contributed by atoms with E-state index in [1.54, 1.807) is 4.31 Å². The van der Waals surface area contributed by atoms with Gasteiger partial charge in [0.05, 0.1) is 0 Å². The maximum atomic E-state index is 12.2. The molecule has 0 spiro atoms. The van der Waals surface area contributed by atoms with Crippen molar-refractivity contribution in [3.05, 3.63) is 0 Å². The number of nitrogens with one attached hydrogen (secondary N) is 1. The molecule has 1 atom stereocenters. The second-order valence-corrected chi connectivity index (χ2v) is 7.43. The summed E-state index contributed by atoms with van der Waals surface area (Å²) in [4.78, 5) is 0. The topological polar surface area (TPSA) is 49.4 Å². The van der Waals surface area contributed by atoms with Crippen molar-refractivity contribution in [3.63, 3.8) is 0 Å². The smallest absolute Gasteiger partial charge is 0.202 e. The minimum Gasteiger partial charge on any atom is -0.202 e. The molecule has 1 aliphatic heterocycles. The molecule has 1 rings (SSSR count). The van der Waals surface area contributed by atoms with Gasteiger partial charge in [-0.15, -0.1) is 11.6 Å². The lowest BCUT2D eigenvalue weighted by molar-refractivity contribution is 0.400. The Kier molecular flexibility index (Phi) is 8.30. The van der Waals surface area contributed by atoms with Crippen molar-refractivity contribution in [1.29, 1.82) is 0 Å². The molecule has 4 nitrogen and oxygen atoms in total. The van der Waals surface area contributed by atoms with Crippen LogP contribution in [0.25, 0.3) is 0 Å². The highest BCUT2D eigenvalue weighted by molar-refractivity contribution is 7.87. The maximum Gasteiger partial charge on any atom is 0.279 e. The third kappa shape index (κ3) is 6.43. The average Bonchev–Trinajstić information content (AvgIpc) is 2.66. The lowest BCUT2D eigenvalue weighted by Gasteiger charge is -2.22. The Morgan fingerprint density at radius 2 is 1.79 bits per heavy atom. The number of nitrogens with zero attached hydrogens (tertiary/aromatic N) is 1. The number of rotatable bonds is 8. The van der Waals surface area contributed by atoms with Crippen molar-refractivity contribution in [2.24, 2.45) is 5.92 Å². The van der Waals surface area contributed by atoms with Gasteiger partial charge in [-0.05, 0) is 31.6 Å². The lowest BCUT2D eigenvalue weighted by atomic mass is 10.0. The minimum absolute atomic E-state index is 0.351. The van der Waals surface area contributed by atoms with Crippen LogP contribution in [0.15, 0.2) is 0 Å². The van der Waals surface area contributed by atoms with Crippen LogP contribution in [-0.2, 0) is 10.2 Å². The maximum absolute atomic E-state index is 12.2. The van der Waals surface area contributed by atoms with E-state index in [9.17, 15) is 8.42 Å². The third-order valence-electron chi connectivity index (χ3n) is 3.67. The molecule has 1 N–H and O–H groups in total. The van der Waals surface area contributed by atoms with Crippen LogP contribution < -0.4 is 4.72 Å². The van der Waals surface area contributed by atoms with Gasteiger partial charge in [0.2, 0.25) is 0 Å². The zero-order valence-electron chi connectivity index (χ0n) is 11.9. The molecule has 0 aliphatic carbocycles. The normalized spacial score (nSPS) is 20.1. The molecule has 1 saturated heterocycles. The first-order valence-corrected chi connectivity index (χ1v) is 9.38. The van der Waals surface area contributed by atoms with Crippen LogP contribution >= 0.6 is 11.6 Å². The molecule has 6 heteroatoms. The highest BCUT2D eigenvalue weighted by Crippen LogP contribution is 2.14. The predicted octanol–water partition coefficient (Wildman–Crippen LogP) is 2.74. The Bertz CT molecular complexity index is 322. The van der Waals surface area contributed by atoms with Gasteiger partial charge in [0, 0.05) is 25.5 Å². The van der Waals surface area contributed by atoms with Gasteiger partial charge in [-0.3, -0.25) is 0 Å². The summed E-state index contributed by atoms with van der Waals surface area (Å²) in [7, 11) is -3.30. The van der Waals surface area contributed by atoms with E-state index in [0.717, 1.165) is 44.9 Å². The van der Waals surface area contributed by atoms with Crippen LogP contribution in [0.1, 0.15) is 51.9 Å². The molecule has 0 aromatic carbocycles. The molecular weight excluding hydrogens is 284 g/mol. The molecular formula is C13H27ClN2O2S. The van der Waals surface area contributed by atoms with Crippen molar-refractivity contribution < 1.29 is 8.42 Å². The number of halogens is 1. The summed E-state index contributed by atoms with van der Waals surface area (Å²) in [5, 5.41) is 0. The summed E-state index contributed by atoms with van der Waals surface area (Å²) in [5.74, 6) is 0.945. The van der Waals surface area contributed by atoms with Crippen LogP contribution in [0, 0.1) is 5.92 Å². The summed E-state index contributed by atoms with van der Waals surface area (Å²) >= 11 is 5.76. The molecule has 0 bridgehead atoms. The van der Waals surface area contributed by atoms with Gasteiger partial charge in [0.25, 0.3) is 10.2 Å². The van der Waals surface area contributed by atoms with E-state index in [-0.39, 0.29) is 0 Å². The minimum atomic E-state index is -3.30. The Morgan fingerprint density at radius 3 is 2.32 bits per heavy atom.